The molecule has 0 aliphatic carbocycles. The van der Waals surface area contributed by atoms with Gasteiger partial charge in [0.1, 0.15) is 18.1 Å². The van der Waals surface area contributed by atoms with Gasteiger partial charge >= 0.3 is 5.97 Å². The second kappa shape index (κ2) is 15.5. The van der Waals surface area contributed by atoms with Crippen LogP contribution in [0, 0.1) is 0 Å². The summed E-state index contributed by atoms with van der Waals surface area (Å²) >= 11 is 2.96. The molecule has 0 spiro atoms. The molecule has 0 aliphatic heterocycles. The summed E-state index contributed by atoms with van der Waals surface area (Å²) in [4.78, 5) is 56.0. The number of hydrogen-bond acceptors (Lipinski definition) is 9. The van der Waals surface area contributed by atoms with Crippen LogP contribution in [-0.4, -0.2) is 98.7 Å². The second-order valence-electron chi connectivity index (χ2n) is 7.15. The number of aromatic nitrogens is 2. The number of aromatic amines is 1. The molecule has 1 aromatic rings. The molecule has 0 fully saturated rings. The first kappa shape index (κ1) is 28.7. The largest absolute Gasteiger partial charge is 0.480 e. The van der Waals surface area contributed by atoms with Crippen LogP contribution >= 0.6 is 23.5 Å². The minimum absolute atomic E-state index is 0.00816. The monoisotopic (exact) mass is 504 g/mol. The quantitative estimate of drug-likeness (QED) is 0.136. The molecule has 4 atom stereocenters. The van der Waals surface area contributed by atoms with Crippen LogP contribution in [0.2, 0.25) is 0 Å². The summed E-state index contributed by atoms with van der Waals surface area (Å²) in [5.41, 5.74) is 6.32. The summed E-state index contributed by atoms with van der Waals surface area (Å²) in [5.74, 6) is -2.15. The summed E-state index contributed by atoms with van der Waals surface area (Å²) < 4.78 is 0. The van der Waals surface area contributed by atoms with Crippen LogP contribution in [0.15, 0.2) is 12.5 Å². The molecule has 12 nitrogen and oxygen atoms in total. The average molecular weight is 505 g/mol. The van der Waals surface area contributed by atoms with Crippen LogP contribution in [0.1, 0.15) is 18.5 Å². The Balaban J connectivity index is 2.90. The number of nitrogens with one attached hydrogen (secondary N) is 4. The third-order valence-corrected chi connectivity index (χ3v) is 5.91. The number of carboxylic acid groups (broad SMARTS) is 1. The van der Waals surface area contributed by atoms with Crippen molar-refractivity contribution in [1.29, 1.82) is 0 Å². The summed E-state index contributed by atoms with van der Waals surface area (Å²) in [5, 5.41) is 26.3. The molecule has 1 aromatic heterocycles. The number of aliphatic hydroxyl groups is 1. The minimum atomic E-state index is -1.33. The maximum absolute atomic E-state index is 12.8. The standard InChI is InChI=1S/C19H32N6O6S2/c1-32-5-3-12(20)16(27)25-15(9-26)18(29)24-14(7-11-8-21-10-22-11)17(28)23-13(19(30)31)4-6-33-2/h8,10,12-15,26H,3-7,9,20H2,1-2H3,(H,21,22)(H,23,28)(H,24,29)(H,25,27)(H,30,31). The molecular formula is C19H32N6O6S2. The van der Waals surface area contributed by atoms with Gasteiger partial charge in [-0.25, -0.2) is 9.78 Å². The van der Waals surface area contributed by atoms with Gasteiger partial charge in [0.2, 0.25) is 17.7 Å². The molecule has 1 heterocycles. The second-order valence-corrected chi connectivity index (χ2v) is 9.13. The number of carbonyl (C=O) groups excluding carboxylic acids is 3. The topological polar surface area (TPSA) is 200 Å². The normalized spacial score (nSPS) is 14.5. The van der Waals surface area contributed by atoms with Crippen molar-refractivity contribution in [3.63, 3.8) is 0 Å². The fourth-order valence-electron chi connectivity index (χ4n) is 2.71. The Morgan fingerprint density at radius 1 is 1.00 bits per heavy atom. The number of aliphatic carboxylic acids is 1. The highest BCUT2D eigenvalue weighted by Crippen LogP contribution is 2.05. The molecule has 4 unspecified atom stereocenters. The lowest BCUT2D eigenvalue weighted by molar-refractivity contribution is -0.142. The van der Waals surface area contributed by atoms with Crippen molar-refractivity contribution in [3.05, 3.63) is 18.2 Å². The van der Waals surface area contributed by atoms with Crippen LogP contribution in [0.3, 0.4) is 0 Å². The predicted molar refractivity (Wildman–Crippen MR) is 127 cm³/mol. The Hall–Kier alpha value is -2.29. The van der Waals surface area contributed by atoms with Gasteiger partial charge in [-0.05, 0) is 36.9 Å². The Kier molecular flexibility index (Phi) is 13.5. The van der Waals surface area contributed by atoms with Gasteiger partial charge < -0.3 is 36.9 Å². The summed E-state index contributed by atoms with van der Waals surface area (Å²) in [6.07, 6.45) is 7.14. The zero-order chi connectivity index (χ0) is 24.8. The minimum Gasteiger partial charge on any atom is -0.480 e. The Morgan fingerprint density at radius 3 is 2.12 bits per heavy atom. The van der Waals surface area contributed by atoms with E-state index < -0.39 is 54.5 Å². The number of H-pyrrole nitrogens is 1. The zero-order valence-corrected chi connectivity index (χ0v) is 20.2. The van der Waals surface area contributed by atoms with Crippen molar-refractivity contribution in [2.75, 3.05) is 30.6 Å². The van der Waals surface area contributed by atoms with Crippen molar-refractivity contribution in [2.24, 2.45) is 5.73 Å². The summed E-state index contributed by atoms with van der Waals surface area (Å²) in [6.45, 7) is -0.712. The summed E-state index contributed by atoms with van der Waals surface area (Å²) in [7, 11) is 0. The van der Waals surface area contributed by atoms with Crippen LogP contribution in [0.25, 0.3) is 0 Å². The molecule has 14 heteroatoms. The van der Waals surface area contributed by atoms with Gasteiger partial charge in [-0.3, -0.25) is 14.4 Å². The summed E-state index contributed by atoms with van der Waals surface area (Å²) in [6, 6.07) is -4.49. The number of hydrogen-bond donors (Lipinski definition) is 7. The smallest absolute Gasteiger partial charge is 0.326 e. The number of nitrogens with two attached hydrogens (primary N) is 1. The van der Waals surface area contributed by atoms with E-state index in [1.54, 1.807) is 0 Å². The molecule has 0 saturated heterocycles. The highest BCUT2D eigenvalue weighted by Gasteiger charge is 2.30. The van der Waals surface area contributed by atoms with Crippen molar-refractivity contribution >= 4 is 47.2 Å². The van der Waals surface area contributed by atoms with Crippen molar-refractivity contribution in [1.82, 2.24) is 25.9 Å². The van der Waals surface area contributed by atoms with Crippen molar-refractivity contribution in [3.8, 4) is 0 Å². The van der Waals surface area contributed by atoms with Gasteiger partial charge in [-0.2, -0.15) is 23.5 Å². The molecule has 3 amide bonds. The molecule has 186 valence electrons. The van der Waals surface area contributed by atoms with Crippen molar-refractivity contribution in [2.45, 2.75) is 43.4 Å². The van der Waals surface area contributed by atoms with E-state index in [0.29, 0.717) is 23.6 Å². The lowest BCUT2D eigenvalue weighted by Crippen LogP contribution is -2.58. The molecule has 0 saturated carbocycles. The SMILES string of the molecule is CSCCC(N)C(=O)NC(CO)C(=O)NC(Cc1cnc[nH]1)C(=O)NC(CCSC)C(=O)O. The third-order valence-electron chi connectivity index (χ3n) is 4.62. The Labute approximate surface area is 200 Å². The Bertz CT molecular complexity index is 766. The number of imidazole rings is 1. The molecule has 0 aliphatic rings. The number of carboxylic acids is 1. The van der Waals surface area contributed by atoms with Gasteiger partial charge in [0.25, 0.3) is 0 Å². The Morgan fingerprint density at radius 2 is 1.58 bits per heavy atom. The van der Waals surface area contributed by atoms with E-state index in [2.05, 4.69) is 25.9 Å². The van der Waals surface area contributed by atoms with Gasteiger partial charge in [0.15, 0.2) is 0 Å². The first-order chi connectivity index (χ1) is 15.7. The van der Waals surface area contributed by atoms with Crippen LogP contribution < -0.4 is 21.7 Å². The van der Waals surface area contributed by atoms with Crippen LogP contribution in [0.5, 0.6) is 0 Å². The average Bonchev–Trinajstić information content (AvgIpc) is 3.30. The molecule has 8 N–H and O–H groups in total. The molecule has 33 heavy (non-hydrogen) atoms. The molecule has 0 aromatic carbocycles. The molecule has 1 rings (SSSR count). The van der Waals surface area contributed by atoms with E-state index in [4.69, 9.17) is 5.73 Å². The van der Waals surface area contributed by atoms with Crippen LogP contribution in [-0.2, 0) is 25.6 Å². The van der Waals surface area contributed by atoms with E-state index in [9.17, 15) is 29.4 Å². The molecule has 0 radical (unpaired) electrons. The lowest BCUT2D eigenvalue weighted by Gasteiger charge is -2.24. The van der Waals surface area contributed by atoms with Gasteiger partial charge in [0, 0.05) is 18.3 Å². The first-order valence-electron chi connectivity index (χ1n) is 10.2. The number of carbonyl (C=O) groups is 4. The van der Waals surface area contributed by atoms with E-state index in [0.717, 1.165) is 0 Å². The van der Waals surface area contributed by atoms with Crippen molar-refractivity contribution < 1.29 is 29.4 Å². The number of thioether (sulfide) groups is 2. The molecular weight excluding hydrogens is 472 g/mol. The fraction of sp³-hybridized carbons (Fsp3) is 0.632. The number of aliphatic hydroxyl groups excluding tert-OH is 1. The van der Waals surface area contributed by atoms with Gasteiger partial charge in [-0.1, -0.05) is 0 Å². The van der Waals surface area contributed by atoms with E-state index in [1.165, 1.54) is 36.0 Å². The highest BCUT2D eigenvalue weighted by atomic mass is 32.2. The predicted octanol–water partition coefficient (Wildman–Crippen LogP) is -1.68. The maximum Gasteiger partial charge on any atom is 0.326 e. The maximum atomic E-state index is 12.8. The third kappa shape index (κ3) is 10.5. The lowest BCUT2D eigenvalue weighted by atomic mass is 10.1. The fourth-order valence-corrected chi connectivity index (χ4v) is 3.67. The number of nitrogens with zero attached hydrogens (tertiary/aromatic N) is 1. The van der Waals surface area contributed by atoms with E-state index >= 15 is 0 Å². The van der Waals surface area contributed by atoms with E-state index in [-0.39, 0.29) is 12.8 Å². The van der Waals surface area contributed by atoms with Gasteiger partial charge in [0.05, 0.1) is 19.0 Å². The van der Waals surface area contributed by atoms with Gasteiger partial charge in [-0.15, -0.1) is 0 Å². The zero-order valence-electron chi connectivity index (χ0n) is 18.6. The first-order valence-corrected chi connectivity index (χ1v) is 13.0. The highest BCUT2D eigenvalue weighted by molar-refractivity contribution is 7.98. The molecule has 0 bridgehead atoms. The van der Waals surface area contributed by atoms with Crippen LogP contribution in [0.4, 0.5) is 0 Å². The number of rotatable bonds is 16. The number of amides is 3. The van der Waals surface area contributed by atoms with E-state index in [1.807, 2.05) is 12.5 Å².